The van der Waals surface area contributed by atoms with Crippen molar-refractivity contribution in [3.05, 3.63) is 71.3 Å². The standard InChI is InChI=1S/C23H21N3O8S/c1-13(27)33-11-15-12-35-22-18(21(29)26(22)19(15)23(30)31)24-20(28)17(16-8-5-9-32-16)25-34-10-14-6-3-2-4-7-14/h2-9,18,22H,10-12H2,1H3,(H,24,28)(H,30,31)/t18-,22+/m1/s1. The summed E-state index contributed by atoms with van der Waals surface area (Å²) in [5.41, 5.74) is 0.745. The molecule has 2 amide bonds. The monoisotopic (exact) mass is 499 g/mol. The molecule has 4 rings (SSSR count). The zero-order valence-electron chi connectivity index (χ0n) is 18.5. The van der Waals surface area contributed by atoms with Crippen LogP contribution >= 0.6 is 11.8 Å². The summed E-state index contributed by atoms with van der Waals surface area (Å²) in [5.74, 6) is -2.83. The highest BCUT2D eigenvalue weighted by Gasteiger charge is 2.54. The second kappa shape index (κ2) is 10.5. The molecule has 1 aromatic heterocycles. The Morgan fingerprint density at radius 3 is 2.63 bits per heavy atom. The number of nitrogens with zero attached hydrogens (tertiary/aromatic N) is 2. The van der Waals surface area contributed by atoms with E-state index in [1.54, 1.807) is 6.07 Å². The first-order valence-corrected chi connectivity index (χ1v) is 11.5. The van der Waals surface area contributed by atoms with Crippen LogP contribution in [-0.2, 0) is 35.4 Å². The van der Waals surface area contributed by atoms with E-state index >= 15 is 0 Å². The molecule has 2 aliphatic rings. The SMILES string of the molecule is CC(=O)OCC1=C(C(=O)O)N2C(=O)[C@@H](NC(=O)C(=NOCc3ccccc3)c3ccco3)[C@@H]2SC1. The largest absolute Gasteiger partial charge is 0.477 e. The molecule has 2 aromatic rings. The number of carboxylic acids is 1. The fourth-order valence-electron chi connectivity index (χ4n) is 3.55. The number of rotatable bonds is 9. The molecule has 35 heavy (non-hydrogen) atoms. The van der Waals surface area contributed by atoms with Gasteiger partial charge in [0.05, 0.1) is 6.26 Å². The first-order chi connectivity index (χ1) is 16.9. The lowest BCUT2D eigenvalue weighted by Gasteiger charge is -2.49. The van der Waals surface area contributed by atoms with Gasteiger partial charge in [0.1, 0.15) is 30.3 Å². The normalized spacial score (nSPS) is 19.5. The zero-order chi connectivity index (χ0) is 24.9. The van der Waals surface area contributed by atoms with Crippen LogP contribution in [0.1, 0.15) is 18.2 Å². The Morgan fingerprint density at radius 2 is 1.97 bits per heavy atom. The second-order valence-corrected chi connectivity index (χ2v) is 8.68. The quantitative estimate of drug-likeness (QED) is 0.227. The number of hydrogen-bond acceptors (Lipinski definition) is 9. The van der Waals surface area contributed by atoms with Crippen LogP contribution in [0, 0.1) is 0 Å². The summed E-state index contributed by atoms with van der Waals surface area (Å²) in [4.78, 5) is 55.2. The molecule has 0 radical (unpaired) electrons. The number of ether oxygens (including phenoxy) is 1. The molecule has 0 spiro atoms. The van der Waals surface area contributed by atoms with Gasteiger partial charge in [-0.3, -0.25) is 19.3 Å². The molecule has 11 nitrogen and oxygen atoms in total. The predicted molar refractivity (Wildman–Crippen MR) is 123 cm³/mol. The maximum atomic E-state index is 13.0. The van der Waals surface area contributed by atoms with Crippen molar-refractivity contribution in [1.29, 1.82) is 0 Å². The second-order valence-electron chi connectivity index (χ2n) is 7.57. The third kappa shape index (κ3) is 5.22. The van der Waals surface area contributed by atoms with Crippen LogP contribution in [0.2, 0.25) is 0 Å². The first kappa shape index (κ1) is 24.1. The van der Waals surface area contributed by atoms with E-state index in [2.05, 4.69) is 10.5 Å². The number of amides is 2. The molecule has 0 aliphatic carbocycles. The van der Waals surface area contributed by atoms with E-state index < -0.39 is 35.2 Å². The van der Waals surface area contributed by atoms with Crippen LogP contribution < -0.4 is 5.32 Å². The van der Waals surface area contributed by atoms with Gasteiger partial charge in [0.25, 0.3) is 11.8 Å². The van der Waals surface area contributed by atoms with Crippen LogP contribution in [-0.4, -0.2) is 63.2 Å². The minimum atomic E-state index is -1.32. The van der Waals surface area contributed by atoms with E-state index in [4.69, 9.17) is 14.0 Å². The summed E-state index contributed by atoms with van der Waals surface area (Å²) in [5, 5.41) is 15.5. The molecule has 1 fully saturated rings. The first-order valence-electron chi connectivity index (χ1n) is 10.5. The molecule has 182 valence electrons. The number of carboxylic acid groups (broad SMARTS) is 1. The van der Waals surface area contributed by atoms with E-state index in [1.807, 2.05) is 30.3 Å². The minimum absolute atomic E-state index is 0.116. The van der Waals surface area contributed by atoms with Crippen molar-refractivity contribution < 1.29 is 38.3 Å². The topological polar surface area (TPSA) is 148 Å². The van der Waals surface area contributed by atoms with Crippen LogP contribution in [0.15, 0.2) is 69.6 Å². The van der Waals surface area contributed by atoms with Crippen LogP contribution in [0.3, 0.4) is 0 Å². The summed E-state index contributed by atoms with van der Waals surface area (Å²) in [6.45, 7) is 1.10. The Bertz CT molecular complexity index is 1190. The number of carbonyl (C=O) groups is 4. The lowest BCUT2D eigenvalue weighted by atomic mass is 10.0. The number of furan rings is 1. The van der Waals surface area contributed by atoms with Crippen molar-refractivity contribution in [3.8, 4) is 0 Å². The summed E-state index contributed by atoms with van der Waals surface area (Å²) in [6.07, 6.45) is 1.37. The highest BCUT2D eigenvalue weighted by Crippen LogP contribution is 2.40. The van der Waals surface area contributed by atoms with Crippen LogP contribution in [0.25, 0.3) is 0 Å². The molecule has 2 atom stereocenters. The van der Waals surface area contributed by atoms with E-state index in [0.717, 1.165) is 10.5 Å². The molecule has 2 aliphatic heterocycles. The van der Waals surface area contributed by atoms with Gasteiger partial charge in [-0.25, -0.2) is 4.79 Å². The van der Waals surface area contributed by atoms with Gasteiger partial charge in [-0.15, -0.1) is 11.8 Å². The van der Waals surface area contributed by atoms with Crippen LogP contribution in [0.5, 0.6) is 0 Å². The Balaban J connectivity index is 1.48. The number of fused-ring (bicyclic) bond motifs is 1. The van der Waals surface area contributed by atoms with Crippen molar-refractivity contribution in [2.24, 2.45) is 5.16 Å². The number of esters is 1. The van der Waals surface area contributed by atoms with Gasteiger partial charge in [-0.1, -0.05) is 35.5 Å². The maximum Gasteiger partial charge on any atom is 0.352 e. The van der Waals surface area contributed by atoms with E-state index in [0.29, 0.717) is 5.57 Å². The Hall–Kier alpha value is -4.06. The lowest BCUT2D eigenvalue weighted by molar-refractivity contribution is -0.150. The van der Waals surface area contributed by atoms with Gasteiger partial charge in [0.2, 0.25) is 5.71 Å². The van der Waals surface area contributed by atoms with Gasteiger partial charge >= 0.3 is 11.9 Å². The van der Waals surface area contributed by atoms with Gasteiger partial charge in [0.15, 0.2) is 5.76 Å². The molecule has 3 heterocycles. The van der Waals surface area contributed by atoms with E-state index in [1.165, 1.54) is 31.0 Å². The van der Waals surface area contributed by atoms with E-state index in [9.17, 15) is 24.3 Å². The average molecular weight is 500 g/mol. The number of nitrogens with one attached hydrogen (secondary N) is 1. The molecular formula is C23H21N3O8S. The molecule has 12 heteroatoms. The summed E-state index contributed by atoms with van der Waals surface area (Å²) < 4.78 is 10.2. The van der Waals surface area contributed by atoms with Crippen molar-refractivity contribution in [3.63, 3.8) is 0 Å². The zero-order valence-corrected chi connectivity index (χ0v) is 19.3. The Morgan fingerprint density at radius 1 is 1.20 bits per heavy atom. The van der Waals surface area contributed by atoms with Crippen molar-refractivity contribution in [1.82, 2.24) is 10.2 Å². The number of benzene rings is 1. The number of β-lactam (4-membered cyclic amide) rings is 1. The van der Waals surface area contributed by atoms with Gasteiger partial charge < -0.3 is 24.4 Å². The summed E-state index contributed by atoms with van der Waals surface area (Å²) >= 11 is 1.26. The van der Waals surface area contributed by atoms with Gasteiger partial charge in [0, 0.05) is 18.2 Å². The van der Waals surface area contributed by atoms with Crippen molar-refractivity contribution in [2.75, 3.05) is 12.4 Å². The number of hydrogen-bond donors (Lipinski definition) is 2. The van der Waals surface area contributed by atoms with Crippen LogP contribution in [0.4, 0.5) is 0 Å². The van der Waals surface area contributed by atoms with Gasteiger partial charge in [-0.05, 0) is 17.7 Å². The predicted octanol–water partition coefficient (Wildman–Crippen LogP) is 1.50. The third-order valence-electron chi connectivity index (χ3n) is 5.19. The molecule has 1 aromatic carbocycles. The number of carbonyl (C=O) groups excluding carboxylic acids is 3. The highest BCUT2D eigenvalue weighted by atomic mass is 32.2. The smallest absolute Gasteiger partial charge is 0.352 e. The molecule has 0 unspecified atom stereocenters. The number of aliphatic carboxylic acids is 1. The lowest BCUT2D eigenvalue weighted by Crippen LogP contribution is -2.71. The Kier molecular flexibility index (Phi) is 7.20. The minimum Gasteiger partial charge on any atom is -0.477 e. The Labute approximate surface area is 203 Å². The molecular weight excluding hydrogens is 478 g/mol. The fraction of sp³-hybridized carbons (Fsp3) is 0.261. The molecule has 0 saturated carbocycles. The third-order valence-corrected chi connectivity index (χ3v) is 6.53. The molecule has 2 N–H and O–H groups in total. The van der Waals surface area contributed by atoms with E-state index in [-0.39, 0.29) is 36.1 Å². The summed E-state index contributed by atoms with van der Waals surface area (Å²) in [6, 6.07) is 11.4. The van der Waals surface area contributed by atoms with Crippen molar-refractivity contribution >= 4 is 41.2 Å². The average Bonchev–Trinajstić information content (AvgIpc) is 3.38. The highest BCUT2D eigenvalue weighted by molar-refractivity contribution is 8.00. The maximum absolute atomic E-state index is 13.0. The van der Waals surface area contributed by atoms with Crippen molar-refractivity contribution in [2.45, 2.75) is 24.9 Å². The molecule has 0 bridgehead atoms. The molecule has 1 saturated heterocycles. The summed E-state index contributed by atoms with van der Waals surface area (Å²) in [7, 11) is 0. The number of oxime groups is 1. The van der Waals surface area contributed by atoms with Gasteiger partial charge in [-0.2, -0.15) is 0 Å². The number of thioether (sulfide) groups is 1. The fourth-order valence-corrected chi connectivity index (χ4v) is 4.88.